The van der Waals surface area contributed by atoms with Gasteiger partial charge in [0.15, 0.2) is 0 Å². The lowest BCUT2D eigenvalue weighted by atomic mass is 10.1. The Kier molecular flexibility index (Phi) is 3.77. The molecule has 16 heavy (non-hydrogen) atoms. The van der Waals surface area contributed by atoms with Gasteiger partial charge in [-0.25, -0.2) is 4.79 Å². The van der Waals surface area contributed by atoms with Crippen LogP contribution >= 0.6 is 0 Å². The zero-order valence-electron chi connectivity index (χ0n) is 9.88. The number of amides is 1. The summed E-state index contributed by atoms with van der Waals surface area (Å²) in [6, 6.07) is -0.579. The molecule has 1 aliphatic rings. The van der Waals surface area contributed by atoms with Crippen molar-refractivity contribution < 1.29 is 19.7 Å². The van der Waals surface area contributed by atoms with Crippen LogP contribution in [0.15, 0.2) is 0 Å². The highest BCUT2D eigenvalue weighted by Gasteiger charge is 2.43. The summed E-state index contributed by atoms with van der Waals surface area (Å²) in [5, 5.41) is 19.1. The molecule has 0 radical (unpaired) electrons. The maximum Gasteiger partial charge on any atom is 0.410 e. The topological polar surface area (TPSA) is 96.0 Å². The van der Waals surface area contributed by atoms with Gasteiger partial charge < -0.3 is 20.7 Å². The monoisotopic (exact) mass is 232 g/mol. The maximum atomic E-state index is 11.7. The zero-order chi connectivity index (χ0) is 12.5. The smallest absolute Gasteiger partial charge is 0.410 e. The molecule has 0 unspecified atom stereocenters. The fourth-order valence-electron chi connectivity index (χ4n) is 1.68. The summed E-state index contributed by atoms with van der Waals surface area (Å²) in [5.74, 6) is 0. The number of likely N-dealkylation sites (tertiary alicyclic amines) is 1. The Morgan fingerprint density at radius 1 is 1.50 bits per heavy atom. The van der Waals surface area contributed by atoms with E-state index in [4.69, 9.17) is 10.5 Å². The highest BCUT2D eigenvalue weighted by molar-refractivity contribution is 5.69. The van der Waals surface area contributed by atoms with Crippen molar-refractivity contribution in [2.45, 2.75) is 44.6 Å². The molecule has 0 bridgehead atoms. The molecule has 6 nitrogen and oxygen atoms in total. The summed E-state index contributed by atoms with van der Waals surface area (Å²) in [4.78, 5) is 13.0. The van der Waals surface area contributed by atoms with Gasteiger partial charge in [-0.3, -0.25) is 4.90 Å². The number of aliphatic hydroxyl groups excluding tert-OH is 2. The SMILES string of the molecule is CC(C)(C)OC(=O)N1C[C@@H](O)[C@@H](O)[C@@H]1CN. The van der Waals surface area contributed by atoms with Gasteiger partial charge in [0.05, 0.1) is 18.7 Å². The summed E-state index contributed by atoms with van der Waals surface area (Å²) in [6.07, 6.45) is -2.52. The van der Waals surface area contributed by atoms with E-state index in [-0.39, 0.29) is 13.1 Å². The molecule has 1 aliphatic heterocycles. The molecule has 6 heteroatoms. The number of β-amino-alcohol motifs (C(OH)–C–C–N with tert-alkyl or cyclic N) is 1. The van der Waals surface area contributed by atoms with Gasteiger partial charge in [-0.1, -0.05) is 0 Å². The number of nitrogens with zero attached hydrogens (tertiary/aromatic N) is 1. The standard InChI is InChI=1S/C10H20N2O4/c1-10(2,3)16-9(15)12-5-7(13)8(14)6(12)4-11/h6-8,13-14H,4-5,11H2,1-3H3/t6-,7+,8-/m0/s1. The lowest BCUT2D eigenvalue weighted by Gasteiger charge is -2.28. The number of hydrogen-bond donors (Lipinski definition) is 3. The molecule has 94 valence electrons. The lowest BCUT2D eigenvalue weighted by molar-refractivity contribution is 0.0152. The van der Waals surface area contributed by atoms with Crippen LogP contribution in [0.5, 0.6) is 0 Å². The maximum absolute atomic E-state index is 11.7. The molecular formula is C10H20N2O4. The highest BCUT2D eigenvalue weighted by atomic mass is 16.6. The summed E-state index contributed by atoms with van der Waals surface area (Å²) >= 11 is 0. The predicted octanol–water partition coefficient (Wildman–Crippen LogP) is -0.714. The number of ether oxygens (including phenoxy) is 1. The second-order valence-corrected chi connectivity index (χ2v) is 4.99. The molecule has 0 aliphatic carbocycles. The summed E-state index contributed by atoms with van der Waals surface area (Å²) in [7, 11) is 0. The quantitative estimate of drug-likeness (QED) is 0.555. The van der Waals surface area contributed by atoms with Crippen molar-refractivity contribution in [1.82, 2.24) is 4.90 Å². The van der Waals surface area contributed by atoms with Gasteiger partial charge in [0.25, 0.3) is 0 Å². The molecular weight excluding hydrogens is 212 g/mol. The van der Waals surface area contributed by atoms with Crippen LogP contribution in [0.2, 0.25) is 0 Å². The van der Waals surface area contributed by atoms with Crippen LogP contribution in [0.1, 0.15) is 20.8 Å². The van der Waals surface area contributed by atoms with Crippen molar-refractivity contribution in [2.75, 3.05) is 13.1 Å². The second-order valence-electron chi connectivity index (χ2n) is 4.99. The Balaban J connectivity index is 2.69. The van der Waals surface area contributed by atoms with Gasteiger partial charge in [0.1, 0.15) is 11.7 Å². The van der Waals surface area contributed by atoms with Crippen LogP contribution in [0.4, 0.5) is 4.79 Å². The first-order valence-corrected chi connectivity index (χ1v) is 5.32. The normalized spacial score (nSPS) is 30.6. The Bertz CT molecular complexity index is 264. The van der Waals surface area contributed by atoms with Crippen LogP contribution in [-0.4, -0.2) is 58.1 Å². The number of aliphatic hydroxyl groups is 2. The van der Waals surface area contributed by atoms with Gasteiger partial charge in [-0.05, 0) is 20.8 Å². The molecule has 1 heterocycles. The summed E-state index contributed by atoms with van der Waals surface area (Å²) in [6.45, 7) is 5.41. The van der Waals surface area contributed by atoms with Crippen molar-refractivity contribution in [3.63, 3.8) is 0 Å². The van der Waals surface area contributed by atoms with Gasteiger partial charge >= 0.3 is 6.09 Å². The van der Waals surface area contributed by atoms with Crippen molar-refractivity contribution in [3.05, 3.63) is 0 Å². The van der Waals surface area contributed by atoms with Gasteiger partial charge in [0.2, 0.25) is 0 Å². The van der Waals surface area contributed by atoms with Crippen molar-refractivity contribution in [1.29, 1.82) is 0 Å². The molecule has 1 amide bonds. The summed E-state index contributed by atoms with van der Waals surface area (Å²) < 4.78 is 5.16. The van der Waals surface area contributed by atoms with Crippen molar-refractivity contribution >= 4 is 6.09 Å². The number of carbonyl (C=O) groups is 1. The molecule has 0 aromatic carbocycles. The van der Waals surface area contributed by atoms with E-state index in [1.54, 1.807) is 20.8 Å². The van der Waals surface area contributed by atoms with Gasteiger partial charge in [0, 0.05) is 6.54 Å². The third kappa shape index (κ3) is 2.84. The van der Waals surface area contributed by atoms with E-state index in [9.17, 15) is 15.0 Å². The minimum absolute atomic E-state index is 0.0535. The minimum Gasteiger partial charge on any atom is -0.444 e. The molecule has 3 atom stereocenters. The Morgan fingerprint density at radius 3 is 2.50 bits per heavy atom. The third-order valence-corrected chi connectivity index (χ3v) is 2.44. The Hall–Kier alpha value is -0.850. The van der Waals surface area contributed by atoms with E-state index in [0.29, 0.717) is 0 Å². The number of carbonyl (C=O) groups excluding carboxylic acids is 1. The molecule has 1 saturated heterocycles. The number of hydrogen-bond acceptors (Lipinski definition) is 5. The summed E-state index contributed by atoms with van der Waals surface area (Å²) in [5.41, 5.74) is 4.86. The lowest BCUT2D eigenvalue weighted by Crippen LogP contribution is -2.46. The van der Waals surface area contributed by atoms with E-state index in [1.165, 1.54) is 4.90 Å². The predicted molar refractivity (Wildman–Crippen MR) is 57.8 cm³/mol. The molecule has 0 saturated carbocycles. The molecule has 4 N–H and O–H groups in total. The van der Waals surface area contributed by atoms with Gasteiger partial charge in [-0.15, -0.1) is 0 Å². The van der Waals surface area contributed by atoms with Crippen LogP contribution in [-0.2, 0) is 4.74 Å². The highest BCUT2D eigenvalue weighted by Crippen LogP contribution is 2.21. The third-order valence-electron chi connectivity index (χ3n) is 2.44. The van der Waals surface area contributed by atoms with Gasteiger partial charge in [-0.2, -0.15) is 0 Å². The van der Waals surface area contributed by atoms with Crippen molar-refractivity contribution in [3.8, 4) is 0 Å². The first kappa shape index (κ1) is 13.2. The molecule has 0 aromatic heterocycles. The Morgan fingerprint density at radius 2 is 2.06 bits per heavy atom. The minimum atomic E-state index is -1.00. The first-order valence-electron chi connectivity index (χ1n) is 5.32. The second kappa shape index (κ2) is 4.57. The Labute approximate surface area is 95.0 Å². The van der Waals surface area contributed by atoms with Crippen LogP contribution in [0.25, 0.3) is 0 Å². The van der Waals surface area contributed by atoms with Crippen LogP contribution in [0, 0.1) is 0 Å². The first-order chi connectivity index (χ1) is 7.26. The molecule has 0 aromatic rings. The van der Waals surface area contributed by atoms with E-state index < -0.39 is 29.9 Å². The molecule has 1 fully saturated rings. The van der Waals surface area contributed by atoms with E-state index in [2.05, 4.69) is 0 Å². The molecule has 0 spiro atoms. The largest absolute Gasteiger partial charge is 0.444 e. The van der Waals surface area contributed by atoms with E-state index >= 15 is 0 Å². The van der Waals surface area contributed by atoms with E-state index in [1.807, 2.05) is 0 Å². The average Bonchev–Trinajstić information content (AvgIpc) is 2.40. The van der Waals surface area contributed by atoms with Crippen LogP contribution in [0.3, 0.4) is 0 Å². The average molecular weight is 232 g/mol. The number of rotatable bonds is 1. The molecule has 1 rings (SSSR count). The van der Waals surface area contributed by atoms with Crippen LogP contribution < -0.4 is 5.73 Å². The zero-order valence-corrected chi connectivity index (χ0v) is 9.88. The fraction of sp³-hybridized carbons (Fsp3) is 0.900. The van der Waals surface area contributed by atoms with E-state index in [0.717, 1.165) is 0 Å². The number of nitrogens with two attached hydrogens (primary N) is 1. The van der Waals surface area contributed by atoms with Crippen molar-refractivity contribution in [2.24, 2.45) is 5.73 Å². The fourth-order valence-corrected chi connectivity index (χ4v) is 1.68.